The van der Waals surface area contributed by atoms with Crippen LogP contribution in [0.5, 0.6) is 0 Å². The third-order valence-electron chi connectivity index (χ3n) is 4.86. The van der Waals surface area contributed by atoms with Crippen molar-refractivity contribution in [2.75, 3.05) is 6.26 Å². The monoisotopic (exact) mass is 316 g/mol. The van der Waals surface area contributed by atoms with Crippen molar-refractivity contribution in [1.82, 2.24) is 0 Å². The zero-order chi connectivity index (χ0) is 14.9. The highest BCUT2D eigenvalue weighted by molar-refractivity contribution is 8.02. The minimum absolute atomic E-state index is 0.0841. The second-order valence-corrected chi connectivity index (χ2v) is 9.54. The first-order chi connectivity index (χ1) is 9.39. The Labute approximate surface area is 132 Å². The van der Waals surface area contributed by atoms with Crippen LogP contribution in [0.4, 0.5) is 0 Å². The van der Waals surface area contributed by atoms with Crippen molar-refractivity contribution in [2.24, 2.45) is 11.8 Å². The lowest BCUT2D eigenvalue weighted by Crippen LogP contribution is -2.51. The summed E-state index contributed by atoms with van der Waals surface area (Å²) in [5, 5.41) is 0.0841. The Balaban J connectivity index is 2.12. The van der Waals surface area contributed by atoms with Crippen LogP contribution in [0, 0.1) is 11.8 Å². The van der Waals surface area contributed by atoms with E-state index >= 15 is 0 Å². The predicted octanol–water partition coefficient (Wildman–Crippen LogP) is 4.37. The van der Waals surface area contributed by atoms with Crippen LogP contribution in [0.25, 0.3) is 0 Å². The van der Waals surface area contributed by atoms with E-state index in [0.717, 1.165) is 18.8 Å². The molecule has 5 atom stereocenters. The van der Waals surface area contributed by atoms with Crippen LogP contribution in [0.1, 0.15) is 53.4 Å². The predicted molar refractivity (Wildman–Crippen MR) is 89.4 cm³/mol. The lowest BCUT2D eigenvalue weighted by atomic mass is 9.75. The van der Waals surface area contributed by atoms with Crippen LogP contribution >= 0.6 is 23.5 Å². The van der Waals surface area contributed by atoms with E-state index in [1.165, 1.54) is 12.8 Å². The summed E-state index contributed by atoms with van der Waals surface area (Å²) in [7, 11) is 0. The van der Waals surface area contributed by atoms with Crippen molar-refractivity contribution in [3.05, 3.63) is 0 Å². The fraction of sp³-hybridized carbons (Fsp3) is 0.938. The van der Waals surface area contributed by atoms with Gasteiger partial charge in [0.1, 0.15) is 0 Å². The van der Waals surface area contributed by atoms with Crippen molar-refractivity contribution >= 4 is 29.3 Å². The lowest BCUT2D eigenvalue weighted by Gasteiger charge is -2.50. The number of hydrogen-bond donors (Lipinski definition) is 0. The highest BCUT2D eigenvalue weighted by Crippen LogP contribution is 2.50. The van der Waals surface area contributed by atoms with Gasteiger partial charge in [-0.25, -0.2) is 0 Å². The van der Waals surface area contributed by atoms with Gasteiger partial charge in [0.2, 0.25) is 0 Å². The normalized spacial score (nSPS) is 38.0. The molecule has 0 spiro atoms. The van der Waals surface area contributed by atoms with Crippen molar-refractivity contribution in [1.29, 1.82) is 0 Å². The molecule has 0 bridgehead atoms. The molecule has 20 heavy (non-hydrogen) atoms. The number of fused-ring (bicyclic) bond motifs is 1. The quantitative estimate of drug-likeness (QED) is 0.769. The average molecular weight is 317 g/mol. The number of rotatable bonds is 4. The van der Waals surface area contributed by atoms with E-state index in [-0.39, 0.29) is 27.3 Å². The molecule has 0 aromatic rings. The van der Waals surface area contributed by atoms with Crippen LogP contribution in [0.2, 0.25) is 0 Å². The number of Topliss-reactive ketones (excluding diaryl/α,β-unsaturated/α-hetero) is 1. The topological polar surface area (TPSA) is 26.3 Å². The van der Waals surface area contributed by atoms with Crippen LogP contribution in [0.15, 0.2) is 0 Å². The zero-order valence-electron chi connectivity index (χ0n) is 13.3. The fourth-order valence-corrected chi connectivity index (χ4v) is 5.84. The summed E-state index contributed by atoms with van der Waals surface area (Å²) in [6.45, 7) is 8.99. The largest absolute Gasteiger partial charge is 0.356 e. The SMILES string of the molecule is CC[C@@H](SC)C(=O)[C@@H]1O[C@@H]2C[C@H](C)CC[C@@H]2C(C)(C)S1. The number of ether oxygens (including phenoxy) is 1. The summed E-state index contributed by atoms with van der Waals surface area (Å²) in [4.78, 5) is 12.6. The molecule has 4 heteroatoms. The van der Waals surface area contributed by atoms with E-state index < -0.39 is 0 Å². The lowest BCUT2D eigenvalue weighted by molar-refractivity contribution is -0.133. The molecular formula is C16H28O2S2. The number of hydrogen-bond acceptors (Lipinski definition) is 4. The van der Waals surface area contributed by atoms with E-state index in [4.69, 9.17) is 4.74 Å². The molecule has 1 heterocycles. The van der Waals surface area contributed by atoms with Crippen molar-refractivity contribution in [2.45, 2.75) is 74.9 Å². The third kappa shape index (κ3) is 3.38. The molecule has 0 aromatic heterocycles. The van der Waals surface area contributed by atoms with Gasteiger partial charge in [-0.15, -0.1) is 11.8 Å². The van der Waals surface area contributed by atoms with Gasteiger partial charge in [-0.05, 0) is 37.4 Å². The van der Waals surface area contributed by atoms with E-state index in [9.17, 15) is 4.79 Å². The summed E-state index contributed by atoms with van der Waals surface area (Å²) in [6.07, 6.45) is 6.86. The highest BCUT2D eigenvalue weighted by Gasteiger charge is 2.48. The Morgan fingerprint density at radius 1 is 1.45 bits per heavy atom. The van der Waals surface area contributed by atoms with Gasteiger partial charge in [-0.1, -0.05) is 34.1 Å². The Morgan fingerprint density at radius 2 is 2.15 bits per heavy atom. The van der Waals surface area contributed by atoms with Crippen LogP contribution < -0.4 is 0 Å². The fourth-order valence-electron chi connectivity index (χ4n) is 3.59. The van der Waals surface area contributed by atoms with Gasteiger partial charge in [-0.2, -0.15) is 11.8 Å². The molecule has 1 saturated heterocycles. The minimum atomic E-state index is -0.256. The van der Waals surface area contributed by atoms with E-state index in [0.29, 0.717) is 5.92 Å². The van der Waals surface area contributed by atoms with Gasteiger partial charge in [0.15, 0.2) is 11.2 Å². The maximum atomic E-state index is 12.6. The smallest absolute Gasteiger partial charge is 0.184 e. The Kier molecular flexibility index (Phi) is 5.52. The van der Waals surface area contributed by atoms with E-state index in [1.54, 1.807) is 23.5 Å². The minimum Gasteiger partial charge on any atom is -0.356 e. The average Bonchev–Trinajstić information content (AvgIpc) is 2.38. The Hall–Kier alpha value is 0.330. The van der Waals surface area contributed by atoms with Crippen LogP contribution in [-0.4, -0.2) is 33.6 Å². The number of ketones is 1. The molecule has 0 unspecified atom stereocenters. The molecule has 0 N–H and O–H groups in total. The number of thioether (sulfide) groups is 2. The van der Waals surface area contributed by atoms with E-state index in [1.807, 2.05) is 6.26 Å². The molecule has 0 amide bonds. The molecule has 2 rings (SSSR count). The summed E-state index contributed by atoms with van der Waals surface area (Å²) < 4.78 is 6.40. The molecule has 0 aromatic carbocycles. The molecule has 116 valence electrons. The van der Waals surface area contributed by atoms with Gasteiger partial charge >= 0.3 is 0 Å². The molecule has 2 fully saturated rings. The maximum absolute atomic E-state index is 12.6. The molecular weight excluding hydrogens is 288 g/mol. The summed E-state index contributed by atoms with van der Waals surface area (Å²) >= 11 is 3.42. The van der Waals surface area contributed by atoms with Crippen LogP contribution in [0.3, 0.4) is 0 Å². The third-order valence-corrected chi connectivity index (χ3v) is 7.46. The zero-order valence-corrected chi connectivity index (χ0v) is 15.0. The number of carbonyl (C=O) groups is 1. The standard InChI is InChI=1S/C16H28O2S2/c1-6-13(19-5)14(17)15-18-12-9-10(2)7-8-11(12)16(3,4)20-15/h10-13,15H,6-9H2,1-5H3/t10-,11+,12-,13-,15-/m1/s1. The Bertz CT molecular complexity index is 352. The second kappa shape index (κ2) is 6.62. The number of carbonyl (C=O) groups excluding carboxylic acids is 1. The van der Waals surface area contributed by atoms with Gasteiger partial charge in [0, 0.05) is 4.75 Å². The molecule has 1 aliphatic heterocycles. The van der Waals surface area contributed by atoms with Crippen molar-refractivity contribution in [3.8, 4) is 0 Å². The van der Waals surface area contributed by atoms with Crippen molar-refractivity contribution < 1.29 is 9.53 Å². The highest BCUT2D eigenvalue weighted by atomic mass is 32.2. The van der Waals surface area contributed by atoms with Gasteiger partial charge in [0.05, 0.1) is 11.4 Å². The molecule has 1 saturated carbocycles. The molecule has 0 radical (unpaired) electrons. The summed E-state index contributed by atoms with van der Waals surface area (Å²) in [6, 6.07) is 0. The maximum Gasteiger partial charge on any atom is 0.184 e. The van der Waals surface area contributed by atoms with Gasteiger partial charge < -0.3 is 4.74 Å². The van der Waals surface area contributed by atoms with Gasteiger partial charge in [0.25, 0.3) is 0 Å². The van der Waals surface area contributed by atoms with E-state index in [2.05, 4.69) is 27.7 Å². The molecule has 2 nitrogen and oxygen atoms in total. The summed E-state index contributed by atoms with van der Waals surface area (Å²) in [5.41, 5.74) is -0.256. The van der Waals surface area contributed by atoms with Gasteiger partial charge in [-0.3, -0.25) is 4.79 Å². The molecule has 1 aliphatic carbocycles. The van der Waals surface area contributed by atoms with Crippen molar-refractivity contribution in [3.63, 3.8) is 0 Å². The first kappa shape index (κ1) is 16.7. The summed E-state index contributed by atoms with van der Waals surface area (Å²) in [5.74, 6) is 1.62. The molecule has 2 aliphatic rings. The second-order valence-electron chi connectivity index (χ2n) is 6.79. The first-order valence-electron chi connectivity index (χ1n) is 7.78. The first-order valence-corrected chi connectivity index (χ1v) is 9.95. The Morgan fingerprint density at radius 3 is 2.75 bits per heavy atom. The van der Waals surface area contributed by atoms with Crippen LogP contribution in [-0.2, 0) is 9.53 Å².